The third-order valence-electron chi connectivity index (χ3n) is 0.423. The van der Waals surface area contributed by atoms with E-state index in [0.717, 1.165) is 0 Å². The monoisotopic (exact) mass is 229 g/mol. The third-order valence-corrected chi connectivity index (χ3v) is 0.423. The van der Waals surface area contributed by atoms with E-state index in [2.05, 4.69) is 5.73 Å². The number of carbonyl (C=O) groups is 2. The number of hydrogen-bond donors (Lipinski definition) is 1. The summed E-state index contributed by atoms with van der Waals surface area (Å²) < 4.78 is 0. The second-order valence-electron chi connectivity index (χ2n) is 1.35. The van der Waals surface area contributed by atoms with Gasteiger partial charge in [-0.2, -0.15) is 0 Å². The fourth-order valence-electron chi connectivity index (χ4n) is 0.245. The molecule has 0 fully saturated rings. The van der Waals surface area contributed by atoms with Gasteiger partial charge in [0, 0.05) is 0 Å². The van der Waals surface area contributed by atoms with Crippen molar-refractivity contribution in [2.45, 2.75) is 13.3 Å². The number of Topliss-reactive ketones (excluding diaryl/α,β-unsaturated/α-hetero) is 1. The number of hydrogen-bond acceptors (Lipinski definition) is 2. The highest BCUT2D eigenvalue weighted by Crippen LogP contribution is 1.75. The predicted molar refractivity (Wildman–Crippen MR) is 39.9 cm³/mol. The minimum absolute atomic E-state index is 0. The summed E-state index contributed by atoms with van der Waals surface area (Å²) in [5, 5.41) is 0. The van der Waals surface area contributed by atoms with Crippen LogP contribution in [0.5, 0.6) is 0 Å². The average Bonchev–Trinajstić information content (AvgIpc) is 1.27. The van der Waals surface area contributed by atoms with Crippen molar-refractivity contribution in [3.63, 3.8) is 0 Å². The highest BCUT2D eigenvalue weighted by atomic mass is 127. The lowest BCUT2D eigenvalue weighted by Crippen LogP contribution is -2.13. The lowest BCUT2D eigenvalue weighted by Gasteiger charge is -1.82. The molecular weight excluding hydrogens is 221 g/mol. The van der Waals surface area contributed by atoms with Crippen LogP contribution in [-0.2, 0) is 9.59 Å². The standard InChI is InChI=1S/C4H7NO2.HI/c1-3(6)2-4(5)7;/h2H2,1H3,(H2,5,7);1H. The van der Waals surface area contributed by atoms with Crippen LogP contribution in [0.1, 0.15) is 13.3 Å². The Morgan fingerprint density at radius 2 is 1.88 bits per heavy atom. The van der Waals surface area contributed by atoms with Gasteiger partial charge in [-0.25, -0.2) is 0 Å². The van der Waals surface area contributed by atoms with E-state index in [4.69, 9.17) is 0 Å². The van der Waals surface area contributed by atoms with Gasteiger partial charge < -0.3 is 5.73 Å². The minimum atomic E-state index is -0.562. The molecule has 8 heavy (non-hydrogen) atoms. The fraction of sp³-hybridized carbons (Fsp3) is 0.500. The first-order valence-electron chi connectivity index (χ1n) is 1.90. The highest BCUT2D eigenvalue weighted by molar-refractivity contribution is 14.0. The van der Waals surface area contributed by atoms with Crippen LogP contribution in [0.15, 0.2) is 0 Å². The van der Waals surface area contributed by atoms with Gasteiger partial charge in [0.05, 0.1) is 6.42 Å². The van der Waals surface area contributed by atoms with Crippen molar-refractivity contribution in [2.24, 2.45) is 5.73 Å². The van der Waals surface area contributed by atoms with Crippen LogP contribution in [0, 0.1) is 0 Å². The van der Waals surface area contributed by atoms with Gasteiger partial charge in [-0.1, -0.05) is 0 Å². The summed E-state index contributed by atoms with van der Waals surface area (Å²) >= 11 is 0. The molecule has 1 amide bonds. The Labute approximate surface area is 64.6 Å². The fourth-order valence-corrected chi connectivity index (χ4v) is 0.245. The van der Waals surface area contributed by atoms with Crippen LogP contribution in [0.2, 0.25) is 0 Å². The Balaban J connectivity index is 0. The van der Waals surface area contributed by atoms with Crippen molar-refractivity contribution in [1.29, 1.82) is 0 Å². The molecule has 0 saturated heterocycles. The second-order valence-corrected chi connectivity index (χ2v) is 1.35. The number of carbonyl (C=O) groups excluding carboxylic acids is 2. The zero-order chi connectivity index (χ0) is 5.86. The van der Waals surface area contributed by atoms with E-state index in [0.29, 0.717) is 0 Å². The minimum Gasteiger partial charge on any atom is -0.369 e. The Hall–Kier alpha value is -0.130. The molecule has 0 radical (unpaired) electrons. The Kier molecular flexibility index (Phi) is 6.76. The number of ketones is 1. The molecule has 3 nitrogen and oxygen atoms in total. The molecule has 0 saturated carbocycles. The average molecular weight is 229 g/mol. The molecule has 0 aromatic heterocycles. The van der Waals surface area contributed by atoms with E-state index < -0.39 is 5.91 Å². The molecule has 0 rings (SSSR count). The van der Waals surface area contributed by atoms with Gasteiger partial charge in [-0.3, -0.25) is 9.59 Å². The number of halogens is 1. The van der Waals surface area contributed by atoms with Gasteiger partial charge in [-0.05, 0) is 6.92 Å². The molecule has 0 aromatic rings. The molecule has 0 spiro atoms. The summed E-state index contributed by atoms with van der Waals surface area (Å²) in [5.41, 5.74) is 4.63. The van der Waals surface area contributed by atoms with E-state index in [9.17, 15) is 9.59 Å². The van der Waals surface area contributed by atoms with Crippen molar-refractivity contribution >= 4 is 35.7 Å². The van der Waals surface area contributed by atoms with Gasteiger partial charge >= 0.3 is 0 Å². The summed E-state index contributed by atoms with van der Waals surface area (Å²) in [5.74, 6) is -0.750. The van der Waals surface area contributed by atoms with Gasteiger partial charge in [-0.15, -0.1) is 24.0 Å². The number of rotatable bonds is 2. The Bertz CT molecular complexity index is 90.2. The molecule has 0 aliphatic heterocycles. The summed E-state index contributed by atoms with van der Waals surface area (Å²) in [7, 11) is 0. The van der Waals surface area contributed by atoms with E-state index in [1.807, 2.05) is 0 Å². The molecule has 0 bridgehead atoms. The molecule has 0 aliphatic rings. The number of amides is 1. The van der Waals surface area contributed by atoms with Gasteiger partial charge in [0.15, 0.2) is 0 Å². The predicted octanol–water partition coefficient (Wildman–Crippen LogP) is 0.0688. The van der Waals surface area contributed by atoms with Gasteiger partial charge in [0.25, 0.3) is 0 Å². The maximum absolute atomic E-state index is 9.95. The topological polar surface area (TPSA) is 60.2 Å². The molecule has 0 atom stereocenters. The summed E-state index contributed by atoms with van der Waals surface area (Å²) in [6, 6.07) is 0. The normalized spacial score (nSPS) is 7.12. The van der Waals surface area contributed by atoms with Crippen LogP contribution in [0.25, 0.3) is 0 Å². The smallest absolute Gasteiger partial charge is 0.224 e. The molecule has 0 aliphatic carbocycles. The number of nitrogens with two attached hydrogens (primary N) is 1. The van der Waals surface area contributed by atoms with Gasteiger partial charge in [0.1, 0.15) is 5.78 Å². The molecule has 0 heterocycles. The SMILES string of the molecule is CC(=O)CC(N)=O.I. The highest BCUT2D eigenvalue weighted by Gasteiger charge is 1.95. The molecular formula is C4H8INO2. The molecule has 48 valence electrons. The molecule has 4 heteroatoms. The van der Waals surface area contributed by atoms with Crippen molar-refractivity contribution in [2.75, 3.05) is 0 Å². The third kappa shape index (κ3) is 9.30. The largest absolute Gasteiger partial charge is 0.369 e. The van der Waals surface area contributed by atoms with E-state index in [-0.39, 0.29) is 36.2 Å². The van der Waals surface area contributed by atoms with Crippen LogP contribution < -0.4 is 5.73 Å². The van der Waals surface area contributed by atoms with Crippen molar-refractivity contribution in [1.82, 2.24) is 0 Å². The Morgan fingerprint density at radius 3 is 1.88 bits per heavy atom. The van der Waals surface area contributed by atoms with Crippen LogP contribution in [0.3, 0.4) is 0 Å². The maximum atomic E-state index is 9.95. The summed E-state index contributed by atoms with van der Waals surface area (Å²) in [4.78, 5) is 19.8. The first-order chi connectivity index (χ1) is 3.13. The van der Waals surface area contributed by atoms with E-state index in [1.165, 1.54) is 6.92 Å². The van der Waals surface area contributed by atoms with E-state index in [1.54, 1.807) is 0 Å². The van der Waals surface area contributed by atoms with E-state index >= 15 is 0 Å². The number of primary amides is 1. The summed E-state index contributed by atoms with van der Waals surface area (Å²) in [6.07, 6.45) is -0.139. The first kappa shape index (κ1) is 10.8. The maximum Gasteiger partial charge on any atom is 0.224 e. The zero-order valence-electron chi connectivity index (χ0n) is 4.51. The quantitative estimate of drug-likeness (QED) is 0.538. The zero-order valence-corrected chi connectivity index (χ0v) is 6.84. The summed E-state index contributed by atoms with van der Waals surface area (Å²) in [6.45, 7) is 1.32. The van der Waals surface area contributed by atoms with Crippen LogP contribution in [-0.4, -0.2) is 11.7 Å². The second kappa shape index (κ2) is 5.02. The van der Waals surface area contributed by atoms with Crippen LogP contribution in [0.4, 0.5) is 0 Å². The molecule has 0 unspecified atom stereocenters. The van der Waals surface area contributed by atoms with Crippen LogP contribution >= 0.6 is 24.0 Å². The molecule has 0 aromatic carbocycles. The first-order valence-corrected chi connectivity index (χ1v) is 1.90. The van der Waals surface area contributed by atoms with Gasteiger partial charge in [0.2, 0.25) is 5.91 Å². The lowest BCUT2D eigenvalue weighted by atomic mass is 10.3. The van der Waals surface area contributed by atoms with Crippen molar-refractivity contribution < 1.29 is 9.59 Å². The van der Waals surface area contributed by atoms with Crippen molar-refractivity contribution in [3.8, 4) is 0 Å². The van der Waals surface area contributed by atoms with Crippen molar-refractivity contribution in [3.05, 3.63) is 0 Å². The molecule has 2 N–H and O–H groups in total. The Morgan fingerprint density at radius 1 is 1.50 bits per heavy atom. The lowest BCUT2D eigenvalue weighted by molar-refractivity contribution is -0.125.